The van der Waals surface area contributed by atoms with Crippen molar-refractivity contribution in [2.24, 2.45) is 0 Å². The van der Waals surface area contributed by atoms with E-state index in [9.17, 15) is 9.59 Å². The summed E-state index contributed by atoms with van der Waals surface area (Å²) in [6.45, 7) is 1.98. The predicted octanol–water partition coefficient (Wildman–Crippen LogP) is 0.165. The third-order valence-corrected chi connectivity index (χ3v) is 3.05. The SMILES string of the molecule is O=C(O)Cc1csc(NC(=O)N2CCNC2)n1. The van der Waals surface area contributed by atoms with Gasteiger partial charge in [0.05, 0.1) is 18.8 Å². The third-order valence-electron chi connectivity index (χ3n) is 2.25. The first-order chi connectivity index (χ1) is 8.15. The predicted molar refractivity (Wildman–Crippen MR) is 62.0 cm³/mol. The van der Waals surface area contributed by atoms with Crippen LogP contribution in [-0.4, -0.2) is 46.7 Å². The Hall–Kier alpha value is -1.67. The molecule has 0 spiro atoms. The van der Waals surface area contributed by atoms with Crippen LogP contribution in [0.25, 0.3) is 0 Å². The van der Waals surface area contributed by atoms with Gasteiger partial charge in [-0.1, -0.05) is 0 Å². The number of amides is 2. The van der Waals surface area contributed by atoms with E-state index < -0.39 is 5.97 Å². The van der Waals surface area contributed by atoms with E-state index >= 15 is 0 Å². The van der Waals surface area contributed by atoms with Crippen molar-refractivity contribution in [3.63, 3.8) is 0 Å². The Morgan fingerprint density at radius 1 is 1.65 bits per heavy atom. The van der Waals surface area contributed by atoms with Crippen molar-refractivity contribution >= 4 is 28.5 Å². The molecule has 2 heterocycles. The summed E-state index contributed by atoms with van der Waals surface area (Å²) >= 11 is 1.23. The summed E-state index contributed by atoms with van der Waals surface area (Å²) in [5, 5.41) is 16.3. The number of thiazole rings is 1. The first-order valence-electron chi connectivity index (χ1n) is 5.08. The van der Waals surface area contributed by atoms with E-state index in [2.05, 4.69) is 15.6 Å². The van der Waals surface area contributed by atoms with Gasteiger partial charge in [-0.2, -0.15) is 0 Å². The molecule has 1 aliphatic rings. The maximum absolute atomic E-state index is 11.7. The molecule has 17 heavy (non-hydrogen) atoms. The molecule has 0 radical (unpaired) electrons. The molecule has 0 aliphatic carbocycles. The average Bonchev–Trinajstić information content (AvgIpc) is 2.87. The zero-order valence-corrected chi connectivity index (χ0v) is 9.79. The van der Waals surface area contributed by atoms with Gasteiger partial charge in [0.15, 0.2) is 5.13 Å². The molecule has 1 fully saturated rings. The molecule has 2 amide bonds. The molecule has 0 aromatic carbocycles. The fourth-order valence-corrected chi connectivity index (χ4v) is 2.15. The second kappa shape index (κ2) is 5.11. The van der Waals surface area contributed by atoms with Crippen LogP contribution in [-0.2, 0) is 11.2 Å². The molecule has 8 heteroatoms. The summed E-state index contributed by atoms with van der Waals surface area (Å²) in [6, 6.07) is -0.216. The number of nitrogens with one attached hydrogen (secondary N) is 2. The van der Waals surface area contributed by atoms with Gasteiger partial charge in [0.1, 0.15) is 0 Å². The van der Waals surface area contributed by atoms with Crippen LogP contribution >= 0.6 is 11.3 Å². The molecule has 92 valence electrons. The molecule has 0 unspecified atom stereocenters. The molecule has 7 nitrogen and oxygen atoms in total. The monoisotopic (exact) mass is 256 g/mol. The Morgan fingerprint density at radius 2 is 2.47 bits per heavy atom. The number of nitrogens with zero attached hydrogens (tertiary/aromatic N) is 2. The van der Waals surface area contributed by atoms with E-state index in [1.54, 1.807) is 10.3 Å². The Kier molecular flexibility index (Phi) is 3.55. The van der Waals surface area contributed by atoms with Crippen LogP contribution in [0.3, 0.4) is 0 Å². The van der Waals surface area contributed by atoms with Crippen molar-refractivity contribution in [1.82, 2.24) is 15.2 Å². The van der Waals surface area contributed by atoms with Crippen LogP contribution in [0.5, 0.6) is 0 Å². The average molecular weight is 256 g/mol. The normalized spacial score (nSPS) is 14.9. The topological polar surface area (TPSA) is 94.6 Å². The van der Waals surface area contributed by atoms with Gasteiger partial charge >= 0.3 is 12.0 Å². The summed E-state index contributed by atoms with van der Waals surface area (Å²) in [6.07, 6.45) is -0.127. The highest BCUT2D eigenvalue weighted by Gasteiger charge is 2.18. The van der Waals surface area contributed by atoms with Gasteiger partial charge in [0.25, 0.3) is 0 Å². The lowest BCUT2D eigenvalue weighted by Gasteiger charge is -2.13. The van der Waals surface area contributed by atoms with Gasteiger partial charge in [-0.25, -0.2) is 9.78 Å². The number of carbonyl (C=O) groups is 2. The van der Waals surface area contributed by atoms with Gasteiger partial charge in [-0.05, 0) is 0 Å². The fourth-order valence-electron chi connectivity index (χ4n) is 1.45. The molecule has 1 saturated heterocycles. The van der Waals surface area contributed by atoms with Crippen molar-refractivity contribution in [1.29, 1.82) is 0 Å². The van der Waals surface area contributed by atoms with Crippen molar-refractivity contribution in [3.8, 4) is 0 Å². The van der Waals surface area contributed by atoms with Crippen LogP contribution in [0.2, 0.25) is 0 Å². The van der Waals surface area contributed by atoms with Crippen molar-refractivity contribution < 1.29 is 14.7 Å². The maximum atomic E-state index is 11.7. The highest BCUT2D eigenvalue weighted by atomic mass is 32.1. The number of carboxylic acid groups (broad SMARTS) is 1. The smallest absolute Gasteiger partial charge is 0.324 e. The second-order valence-electron chi connectivity index (χ2n) is 3.57. The van der Waals surface area contributed by atoms with E-state index in [0.717, 1.165) is 6.54 Å². The Bertz CT molecular complexity index is 428. The molecule has 0 atom stereocenters. The third kappa shape index (κ3) is 3.14. The first kappa shape index (κ1) is 11.8. The highest BCUT2D eigenvalue weighted by Crippen LogP contribution is 2.16. The molecule has 0 bridgehead atoms. The van der Waals surface area contributed by atoms with Gasteiger partial charge in [0, 0.05) is 18.5 Å². The number of anilines is 1. The largest absolute Gasteiger partial charge is 0.481 e. The number of hydrogen-bond acceptors (Lipinski definition) is 5. The Morgan fingerprint density at radius 3 is 3.12 bits per heavy atom. The lowest BCUT2D eigenvalue weighted by Crippen LogP contribution is -2.33. The molecular weight excluding hydrogens is 244 g/mol. The van der Waals surface area contributed by atoms with E-state index in [-0.39, 0.29) is 12.5 Å². The van der Waals surface area contributed by atoms with Crippen molar-refractivity contribution in [2.45, 2.75) is 6.42 Å². The summed E-state index contributed by atoms with van der Waals surface area (Å²) < 4.78 is 0. The zero-order chi connectivity index (χ0) is 12.3. The molecular formula is C9H12N4O3S. The molecule has 2 rings (SSSR count). The van der Waals surface area contributed by atoms with Gasteiger partial charge in [-0.15, -0.1) is 11.3 Å². The van der Waals surface area contributed by atoms with E-state index in [1.165, 1.54) is 11.3 Å². The zero-order valence-electron chi connectivity index (χ0n) is 8.97. The quantitative estimate of drug-likeness (QED) is 0.716. The number of hydrogen-bond donors (Lipinski definition) is 3. The summed E-state index contributed by atoms with van der Waals surface area (Å²) in [7, 11) is 0. The lowest BCUT2D eigenvalue weighted by atomic mass is 10.3. The van der Waals surface area contributed by atoms with Crippen LogP contribution in [0, 0.1) is 0 Å². The number of carbonyl (C=O) groups excluding carboxylic acids is 1. The van der Waals surface area contributed by atoms with Crippen LogP contribution in [0.4, 0.5) is 9.93 Å². The first-order valence-corrected chi connectivity index (χ1v) is 5.96. The Labute approximate surface area is 101 Å². The standard InChI is InChI=1S/C9H12N4O3S/c14-7(15)3-6-4-17-8(11-6)12-9(16)13-2-1-10-5-13/h4,10H,1-3,5H2,(H,14,15)(H,11,12,16). The fraction of sp³-hybridized carbons (Fsp3) is 0.444. The minimum absolute atomic E-state index is 0.127. The van der Waals surface area contributed by atoms with E-state index in [1.807, 2.05) is 0 Å². The number of aromatic nitrogens is 1. The van der Waals surface area contributed by atoms with E-state index in [0.29, 0.717) is 24.0 Å². The number of urea groups is 1. The van der Waals surface area contributed by atoms with Gasteiger partial charge in [0.2, 0.25) is 0 Å². The van der Waals surface area contributed by atoms with E-state index in [4.69, 9.17) is 5.11 Å². The van der Waals surface area contributed by atoms with Crippen LogP contribution in [0.15, 0.2) is 5.38 Å². The molecule has 1 aromatic heterocycles. The summed E-state index contributed by atoms with van der Waals surface area (Å²) in [5.41, 5.74) is 0.456. The lowest BCUT2D eigenvalue weighted by molar-refractivity contribution is -0.136. The van der Waals surface area contributed by atoms with Crippen LogP contribution in [0.1, 0.15) is 5.69 Å². The van der Waals surface area contributed by atoms with Crippen molar-refractivity contribution in [2.75, 3.05) is 25.1 Å². The summed E-state index contributed by atoms with van der Waals surface area (Å²) in [5.74, 6) is -0.933. The summed E-state index contributed by atoms with van der Waals surface area (Å²) in [4.78, 5) is 27.8. The van der Waals surface area contributed by atoms with Crippen LogP contribution < -0.4 is 10.6 Å². The number of carboxylic acids is 1. The minimum atomic E-state index is -0.933. The van der Waals surface area contributed by atoms with Gasteiger partial charge in [-0.3, -0.25) is 15.4 Å². The van der Waals surface area contributed by atoms with Gasteiger partial charge < -0.3 is 10.0 Å². The van der Waals surface area contributed by atoms with Crippen molar-refractivity contribution in [3.05, 3.63) is 11.1 Å². The number of rotatable bonds is 3. The minimum Gasteiger partial charge on any atom is -0.481 e. The Balaban J connectivity index is 1.91. The number of aliphatic carboxylic acids is 1. The molecule has 1 aliphatic heterocycles. The highest BCUT2D eigenvalue weighted by molar-refractivity contribution is 7.13. The maximum Gasteiger partial charge on any atom is 0.324 e. The molecule has 1 aromatic rings. The molecule has 0 saturated carbocycles. The molecule has 3 N–H and O–H groups in total. The second-order valence-corrected chi connectivity index (χ2v) is 4.42.